The van der Waals surface area contributed by atoms with E-state index >= 15 is 0 Å². The molecule has 0 aromatic heterocycles. The molecule has 1 aromatic rings. The van der Waals surface area contributed by atoms with E-state index in [-0.39, 0.29) is 32.6 Å². The Hall–Kier alpha value is -3.71. The molecule has 3 aliphatic rings. The van der Waals surface area contributed by atoms with Crippen molar-refractivity contribution in [1.29, 1.82) is 0 Å². The summed E-state index contributed by atoms with van der Waals surface area (Å²) >= 11 is 0. The summed E-state index contributed by atoms with van der Waals surface area (Å²) in [5.74, 6) is -1.95. The van der Waals surface area contributed by atoms with E-state index < -0.39 is 63.3 Å². The van der Waals surface area contributed by atoms with Gasteiger partial charge < -0.3 is 25.0 Å². The molecule has 13 heteroatoms. The van der Waals surface area contributed by atoms with Crippen molar-refractivity contribution in [2.75, 3.05) is 13.2 Å². The zero-order valence-electron chi connectivity index (χ0n) is 26.7. The molecule has 2 fully saturated rings. The van der Waals surface area contributed by atoms with Crippen molar-refractivity contribution in [3.8, 4) is 0 Å². The maximum atomic E-state index is 14.0. The predicted octanol–water partition coefficient (Wildman–Crippen LogP) is 3.24. The monoisotopic (exact) mass is 658 g/mol. The van der Waals surface area contributed by atoms with Gasteiger partial charge in [-0.1, -0.05) is 55.7 Å². The molecule has 2 heterocycles. The van der Waals surface area contributed by atoms with Gasteiger partial charge in [-0.3, -0.25) is 19.1 Å². The van der Waals surface area contributed by atoms with E-state index in [1.54, 1.807) is 0 Å². The molecule has 252 valence electrons. The number of carbonyl (C=O) groups excluding carboxylic acids is 4. The number of hydrogen-bond donors (Lipinski definition) is 3. The minimum absolute atomic E-state index is 0.0188. The zero-order valence-corrected chi connectivity index (χ0v) is 27.5. The van der Waals surface area contributed by atoms with Gasteiger partial charge in [-0.25, -0.2) is 13.2 Å². The quantitative estimate of drug-likeness (QED) is 0.323. The summed E-state index contributed by atoms with van der Waals surface area (Å²) < 4.78 is 38.5. The molecular formula is C33H46N4O8S. The average molecular weight is 659 g/mol. The molecule has 4 rings (SSSR count). The van der Waals surface area contributed by atoms with Gasteiger partial charge in [0.05, 0.1) is 24.6 Å². The lowest BCUT2D eigenvalue weighted by Crippen LogP contribution is -2.56. The number of fused-ring (bicyclic) bond motifs is 4. The van der Waals surface area contributed by atoms with Gasteiger partial charge in [0.2, 0.25) is 21.8 Å². The Morgan fingerprint density at radius 1 is 1.22 bits per heavy atom. The lowest BCUT2D eigenvalue weighted by atomic mass is 10.1. The van der Waals surface area contributed by atoms with Crippen molar-refractivity contribution in [3.05, 3.63) is 53.6 Å². The van der Waals surface area contributed by atoms with E-state index in [0.717, 1.165) is 23.1 Å². The van der Waals surface area contributed by atoms with Crippen LogP contribution < -0.4 is 15.4 Å². The number of nitrogens with zero attached hydrogens (tertiary/aromatic N) is 1. The van der Waals surface area contributed by atoms with E-state index in [4.69, 9.17) is 9.47 Å². The molecule has 4 amide bonds. The minimum atomic E-state index is -3.84. The van der Waals surface area contributed by atoms with Crippen molar-refractivity contribution < 1.29 is 37.1 Å². The van der Waals surface area contributed by atoms with Crippen molar-refractivity contribution >= 4 is 39.9 Å². The fourth-order valence-corrected chi connectivity index (χ4v) is 7.02. The first-order valence-electron chi connectivity index (χ1n) is 16.1. The summed E-state index contributed by atoms with van der Waals surface area (Å²) in [6.07, 6.45) is 8.39. The van der Waals surface area contributed by atoms with E-state index in [1.165, 1.54) is 11.0 Å². The van der Waals surface area contributed by atoms with Crippen LogP contribution in [0.4, 0.5) is 4.79 Å². The van der Waals surface area contributed by atoms with Crippen LogP contribution in [0.25, 0.3) is 6.08 Å². The van der Waals surface area contributed by atoms with E-state index in [0.29, 0.717) is 38.5 Å². The Morgan fingerprint density at radius 3 is 2.72 bits per heavy atom. The van der Waals surface area contributed by atoms with Crippen LogP contribution in [0.2, 0.25) is 0 Å². The Kier molecular flexibility index (Phi) is 12.4. The van der Waals surface area contributed by atoms with E-state index in [2.05, 4.69) is 28.0 Å². The number of cyclic esters (lactones) is 1. The Labute approximate surface area is 271 Å². The zero-order chi connectivity index (χ0) is 33.3. The third-order valence-electron chi connectivity index (χ3n) is 8.23. The van der Waals surface area contributed by atoms with Crippen LogP contribution >= 0.6 is 0 Å². The number of hydrogen-bond acceptors (Lipinski definition) is 8. The highest BCUT2D eigenvalue weighted by atomic mass is 32.2. The van der Waals surface area contributed by atoms with Gasteiger partial charge in [-0.2, -0.15) is 0 Å². The lowest BCUT2D eigenvalue weighted by molar-refractivity contribution is -0.141. The summed E-state index contributed by atoms with van der Waals surface area (Å²) in [7, 11) is -3.84. The molecule has 1 saturated heterocycles. The van der Waals surface area contributed by atoms with E-state index in [1.807, 2.05) is 38.1 Å². The van der Waals surface area contributed by atoms with Gasteiger partial charge in [0.1, 0.15) is 18.1 Å². The van der Waals surface area contributed by atoms with Crippen LogP contribution in [-0.4, -0.2) is 79.8 Å². The van der Waals surface area contributed by atoms with Gasteiger partial charge in [-0.15, -0.1) is 6.58 Å². The second-order valence-corrected chi connectivity index (χ2v) is 14.2. The topological polar surface area (TPSA) is 160 Å². The standard InChI is InChI=1S/C33H46N4O8S/c1-4-6-12-28-32(40)37-20-25(19-29(37)31(39)34-27(10-5-2)30(38)36-46(42,43)26-13-14-26)45-21-24-17-22(3)16-23(18-24)11-8-7-9-15-44-33(41)35-28/h5,8,11,16-18,25-29H,2,4,6-7,9-10,12-15,19-21H2,1,3H3,(H,34,39)(H,35,41)(H,36,38)/b11-8+/t25-,27?,28+,29+/m1/s1. The first kappa shape index (κ1) is 35.1. The van der Waals surface area contributed by atoms with Crippen molar-refractivity contribution in [3.63, 3.8) is 0 Å². The summed E-state index contributed by atoms with van der Waals surface area (Å²) in [6, 6.07) is 2.92. The molecule has 2 aliphatic heterocycles. The molecule has 0 spiro atoms. The van der Waals surface area contributed by atoms with Gasteiger partial charge in [0.15, 0.2) is 0 Å². The number of rotatable bonds is 10. The fourth-order valence-electron chi connectivity index (χ4n) is 5.67. The highest BCUT2D eigenvalue weighted by Crippen LogP contribution is 2.28. The Bertz CT molecular complexity index is 1420. The van der Waals surface area contributed by atoms with Crippen molar-refractivity contribution in [1.82, 2.24) is 20.3 Å². The summed E-state index contributed by atoms with van der Waals surface area (Å²) in [4.78, 5) is 54.8. The number of carbonyl (C=O) groups is 4. The molecule has 46 heavy (non-hydrogen) atoms. The molecule has 1 aromatic carbocycles. The van der Waals surface area contributed by atoms with Gasteiger partial charge >= 0.3 is 6.09 Å². The minimum Gasteiger partial charge on any atom is -0.450 e. The lowest BCUT2D eigenvalue weighted by Gasteiger charge is -2.29. The number of aryl methyl sites for hydroxylation is 1. The maximum Gasteiger partial charge on any atom is 0.407 e. The molecule has 12 nitrogen and oxygen atoms in total. The molecule has 1 aliphatic carbocycles. The van der Waals surface area contributed by atoms with Crippen LogP contribution in [0.5, 0.6) is 0 Å². The highest BCUT2D eigenvalue weighted by Gasteiger charge is 2.44. The number of benzene rings is 1. The molecule has 0 radical (unpaired) electrons. The molecule has 3 N–H and O–H groups in total. The van der Waals surface area contributed by atoms with Gasteiger partial charge in [0.25, 0.3) is 5.91 Å². The van der Waals surface area contributed by atoms with Gasteiger partial charge in [0, 0.05) is 13.0 Å². The predicted molar refractivity (Wildman–Crippen MR) is 173 cm³/mol. The second kappa shape index (κ2) is 16.2. The Balaban J connectivity index is 1.58. The third-order valence-corrected chi connectivity index (χ3v) is 10.1. The van der Waals surface area contributed by atoms with Crippen LogP contribution in [-0.2, 0) is 40.5 Å². The SMILES string of the molecule is C=CCC(NC(=O)[C@@H]1C[C@@H]2CN1C(=O)[C@H](CCCC)NC(=O)OCCC/C=C/c1cc(C)cc(c1)CO2)C(=O)NS(=O)(=O)C1CC1. The van der Waals surface area contributed by atoms with Crippen LogP contribution in [0, 0.1) is 6.92 Å². The fraction of sp³-hybridized carbons (Fsp3) is 0.576. The summed E-state index contributed by atoms with van der Waals surface area (Å²) in [6.45, 7) is 8.13. The number of ether oxygens (including phenoxy) is 2. The van der Waals surface area contributed by atoms with Crippen LogP contribution in [0.15, 0.2) is 36.9 Å². The van der Waals surface area contributed by atoms with Crippen LogP contribution in [0.1, 0.15) is 81.4 Å². The van der Waals surface area contributed by atoms with Crippen molar-refractivity contribution in [2.45, 2.75) is 108 Å². The number of unbranched alkanes of at least 4 members (excludes halogenated alkanes) is 1. The maximum absolute atomic E-state index is 14.0. The highest BCUT2D eigenvalue weighted by molar-refractivity contribution is 7.90. The summed E-state index contributed by atoms with van der Waals surface area (Å²) in [5, 5.41) is 4.72. The number of allylic oxidation sites excluding steroid dienone is 1. The van der Waals surface area contributed by atoms with Gasteiger partial charge in [-0.05, 0) is 62.6 Å². The summed E-state index contributed by atoms with van der Waals surface area (Å²) in [5.41, 5.74) is 3.01. The molecule has 1 saturated carbocycles. The number of nitrogens with one attached hydrogen (secondary N) is 3. The largest absolute Gasteiger partial charge is 0.450 e. The number of sulfonamides is 1. The van der Waals surface area contributed by atoms with Crippen molar-refractivity contribution in [2.24, 2.45) is 0 Å². The molecule has 4 bridgehead atoms. The first-order valence-corrected chi connectivity index (χ1v) is 17.6. The number of amides is 4. The van der Waals surface area contributed by atoms with E-state index in [9.17, 15) is 27.6 Å². The van der Waals surface area contributed by atoms with Crippen LogP contribution in [0.3, 0.4) is 0 Å². The first-order chi connectivity index (χ1) is 22.0. The Morgan fingerprint density at radius 2 is 2.00 bits per heavy atom. The normalized spacial score (nSPS) is 24.0. The average Bonchev–Trinajstić information content (AvgIpc) is 3.79. The smallest absolute Gasteiger partial charge is 0.407 e. The molecular weight excluding hydrogens is 612 g/mol. The molecule has 1 unspecified atom stereocenters. The number of alkyl carbamates (subject to hydrolysis) is 1. The third kappa shape index (κ3) is 9.89. The second-order valence-electron chi connectivity index (χ2n) is 12.2. The molecule has 4 atom stereocenters.